The Kier molecular flexibility index (Phi) is 8.39. The van der Waals surface area contributed by atoms with Crippen molar-refractivity contribution in [1.82, 2.24) is 20.2 Å². The van der Waals surface area contributed by atoms with Gasteiger partial charge in [0.2, 0.25) is 23.7 Å². The molecule has 9 nitrogen and oxygen atoms in total. The molecule has 1 saturated carbocycles. The van der Waals surface area contributed by atoms with Gasteiger partial charge in [-0.2, -0.15) is 4.99 Å². The standard InChI is InChI=1S/C30H30ClFN6O3/c1-17-14-18(2)34-29(33-17)37-30(35-20-12-13-24(32)23(31)16-20)36-26(39)25(15-19-8-4-3-5-9-19)38-27(40)21-10-6-7-11-22(21)28(38)41/h3-5,8-9,12-14,16,21-22,25H,6-7,10-11,15H2,1-2H3,(H2,33,34,35,36,37,39). The highest BCUT2D eigenvalue weighted by atomic mass is 35.5. The largest absolute Gasteiger partial charge is 0.326 e. The number of rotatable bonds is 6. The number of carbonyl (C=O) groups excluding carboxylic acids is 3. The maximum atomic E-state index is 14.0. The fourth-order valence-corrected chi connectivity index (χ4v) is 5.67. The van der Waals surface area contributed by atoms with Crippen LogP contribution in [0.2, 0.25) is 5.02 Å². The number of imide groups is 1. The molecular weight excluding hydrogens is 547 g/mol. The number of aryl methyl sites for hydroxylation is 2. The predicted octanol–water partition coefficient (Wildman–Crippen LogP) is 4.89. The number of halogens is 2. The molecule has 3 unspecified atom stereocenters. The molecule has 1 aliphatic heterocycles. The highest BCUT2D eigenvalue weighted by Crippen LogP contribution is 2.39. The van der Waals surface area contributed by atoms with E-state index in [-0.39, 0.29) is 35.2 Å². The highest BCUT2D eigenvalue weighted by Gasteiger charge is 2.51. The molecule has 0 radical (unpaired) electrons. The van der Waals surface area contributed by atoms with Gasteiger partial charge >= 0.3 is 0 Å². The van der Waals surface area contributed by atoms with E-state index in [9.17, 15) is 18.8 Å². The molecule has 41 heavy (non-hydrogen) atoms. The van der Waals surface area contributed by atoms with E-state index in [1.807, 2.05) is 30.3 Å². The topological polar surface area (TPSA) is 117 Å². The number of aromatic nitrogens is 2. The summed E-state index contributed by atoms with van der Waals surface area (Å²) in [5.41, 5.74) is 2.48. The van der Waals surface area contributed by atoms with E-state index < -0.39 is 29.6 Å². The molecule has 11 heteroatoms. The van der Waals surface area contributed by atoms with E-state index in [2.05, 4.69) is 25.6 Å². The summed E-state index contributed by atoms with van der Waals surface area (Å²) in [7, 11) is 0. The minimum absolute atomic E-state index is 0.0720. The van der Waals surface area contributed by atoms with Crippen molar-refractivity contribution in [2.24, 2.45) is 16.8 Å². The number of anilines is 1. The molecule has 1 aliphatic carbocycles. The van der Waals surface area contributed by atoms with Crippen molar-refractivity contribution in [2.75, 3.05) is 5.32 Å². The van der Waals surface area contributed by atoms with Crippen LogP contribution in [0.25, 0.3) is 0 Å². The molecule has 5 rings (SSSR count). The number of carbonyl (C=O) groups is 3. The third-order valence-electron chi connectivity index (χ3n) is 7.37. The number of nitrogens with one attached hydrogen (secondary N) is 2. The van der Waals surface area contributed by atoms with Crippen molar-refractivity contribution in [3.63, 3.8) is 0 Å². The van der Waals surface area contributed by atoms with Gasteiger partial charge in [0.05, 0.1) is 16.9 Å². The van der Waals surface area contributed by atoms with Crippen molar-refractivity contribution in [2.45, 2.75) is 52.0 Å². The number of hydrogen-bond acceptors (Lipinski definition) is 6. The fourth-order valence-electron chi connectivity index (χ4n) is 5.49. The van der Waals surface area contributed by atoms with Gasteiger partial charge in [-0.25, -0.2) is 14.4 Å². The van der Waals surface area contributed by atoms with Gasteiger partial charge in [0.1, 0.15) is 11.9 Å². The normalized spacial score (nSPS) is 19.6. The van der Waals surface area contributed by atoms with Crippen LogP contribution in [-0.2, 0) is 20.8 Å². The highest BCUT2D eigenvalue weighted by molar-refractivity contribution is 6.31. The van der Waals surface area contributed by atoms with Crippen molar-refractivity contribution in [3.8, 4) is 0 Å². The first-order valence-electron chi connectivity index (χ1n) is 13.5. The predicted molar refractivity (Wildman–Crippen MR) is 153 cm³/mol. The first kappa shape index (κ1) is 28.4. The molecule has 0 bridgehead atoms. The molecule has 1 saturated heterocycles. The average Bonchev–Trinajstić information content (AvgIpc) is 3.19. The van der Waals surface area contributed by atoms with Crippen LogP contribution in [0.3, 0.4) is 0 Å². The minimum Gasteiger partial charge on any atom is -0.326 e. The van der Waals surface area contributed by atoms with Crippen molar-refractivity contribution < 1.29 is 18.8 Å². The molecule has 212 valence electrons. The molecule has 3 amide bonds. The third kappa shape index (κ3) is 6.43. The Morgan fingerprint density at radius 1 is 1.02 bits per heavy atom. The van der Waals surface area contributed by atoms with Gasteiger partial charge in [-0.05, 0) is 56.5 Å². The first-order valence-corrected chi connectivity index (χ1v) is 13.9. The molecule has 2 N–H and O–H groups in total. The number of aliphatic imine (C=N–C) groups is 1. The number of amides is 3. The summed E-state index contributed by atoms with van der Waals surface area (Å²) >= 11 is 5.97. The van der Waals surface area contributed by atoms with E-state index in [0.29, 0.717) is 29.9 Å². The lowest BCUT2D eigenvalue weighted by Gasteiger charge is -2.26. The van der Waals surface area contributed by atoms with Gasteiger partial charge in [-0.3, -0.25) is 24.6 Å². The van der Waals surface area contributed by atoms with Gasteiger partial charge < -0.3 is 5.32 Å². The smallest absolute Gasteiger partial charge is 0.253 e. The first-order chi connectivity index (χ1) is 19.7. The maximum absolute atomic E-state index is 14.0. The summed E-state index contributed by atoms with van der Waals surface area (Å²) in [5.74, 6) is -2.65. The molecular formula is C30H30ClFN6O3. The van der Waals surface area contributed by atoms with Crippen molar-refractivity contribution >= 4 is 46.9 Å². The van der Waals surface area contributed by atoms with Crippen LogP contribution in [-0.4, -0.2) is 44.6 Å². The van der Waals surface area contributed by atoms with Gasteiger partial charge in [0, 0.05) is 23.5 Å². The number of likely N-dealkylation sites (tertiary alicyclic amines) is 1. The summed E-state index contributed by atoms with van der Waals surface area (Å²) in [5, 5.41) is 5.57. The lowest BCUT2D eigenvalue weighted by atomic mass is 9.81. The van der Waals surface area contributed by atoms with Gasteiger partial charge in [-0.15, -0.1) is 0 Å². The van der Waals surface area contributed by atoms with Crippen LogP contribution in [0.5, 0.6) is 0 Å². The quantitative estimate of drug-likeness (QED) is 0.245. The number of guanidine groups is 1. The Morgan fingerprint density at radius 2 is 1.66 bits per heavy atom. The van der Waals surface area contributed by atoms with E-state index in [1.54, 1.807) is 19.9 Å². The second-order valence-corrected chi connectivity index (χ2v) is 10.8. The zero-order valence-corrected chi connectivity index (χ0v) is 23.5. The Bertz CT molecular complexity index is 1470. The van der Waals surface area contributed by atoms with Crippen LogP contribution in [0.4, 0.5) is 16.0 Å². The van der Waals surface area contributed by atoms with Crippen LogP contribution in [0.1, 0.15) is 42.6 Å². The average molecular weight is 577 g/mol. The van der Waals surface area contributed by atoms with Gasteiger partial charge in [0.25, 0.3) is 5.95 Å². The summed E-state index contributed by atoms with van der Waals surface area (Å²) in [6.45, 7) is 3.58. The summed E-state index contributed by atoms with van der Waals surface area (Å²) < 4.78 is 13.8. The Labute approximate surface area is 242 Å². The molecule has 3 aromatic rings. The van der Waals surface area contributed by atoms with Gasteiger partial charge in [-0.1, -0.05) is 54.8 Å². The van der Waals surface area contributed by atoms with Crippen molar-refractivity contribution in [1.29, 1.82) is 0 Å². The molecule has 2 fully saturated rings. The summed E-state index contributed by atoms with van der Waals surface area (Å²) in [6.07, 6.45) is 3.14. The second-order valence-electron chi connectivity index (χ2n) is 10.4. The minimum atomic E-state index is -1.12. The van der Waals surface area contributed by atoms with E-state index in [0.717, 1.165) is 23.3 Å². The lowest BCUT2D eigenvalue weighted by Crippen LogP contribution is -2.53. The maximum Gasteiger partial charge on any atom is 0.253 e. The SMILES string of the molecule is Cc1cc(C)nc(N=C(NC(=O)C(Cc2ccccc2)N2C(=O)C3CCCCC3C2=O)Nc2ccc(F)c(Cl)c2)n1. The summed E-state index contributed by atoms with van der Waals surface area (Å²) in [6, 6.07) is 13.8. The molecule has 3 atom stereocenters. The fraction of sp³-hybridized carbons (Fsp3) is 0.333. The van der Waals surface area contributed by atoms with Gasteiger partial charge in [0.15, 0.2) is 0 Å². The van der Waals surface area contributed by atoms with Crippen molar-refractivity contribution in [3.05, 3.63) is 82.4 Å². The van der Waals surface area contributed by atoms with E-state index in [4.69, 9.17) is 11.6 Å². The third-order valence-corrected chi connectivity index (χ3v) is 7.66. The van der Waals surface area contributed by atoms with Crippen LogP contribution < -0.4 is 10.6 Å². The number of benzene rings is 2. The zero-order valence-electron chi connectivity index (χ0n) is 22.7. The Morgan fingerprint density at radius 3 is 2.27 bits per heavy atom. The monoisotopic (exact) mass is 576 g/mol. The second kappa shape index (κ2) is 12.1. The van der Waals surface area contributed by atoms with E-state index >= 15 is 0 Å². The molecule has 0 spiro atoms. The number of hydrogen-bond donors (Lipinski definition) is 2. The molecule has 2 heterocycles. The number of nitrogens with zero attached hydrogens (tertiary/aromatic N) is 4. The zero-order chi connectivity index (χ0) is 29.1. The summed E-state index contributed by atoms with van der Waals surface area (Å²) in [4.78, 5) is 55.2. The molecule has 1 aromatic heterocycles. The molecule has 2 aliphatic rings. The Hall–Kier alpha value is -4.18. The Balaban J connectivity index is 1.50. The van der Waals surface area contributed by atoms with E-state index in [1.165, 1.54) is 18.2 Å². The number of fused-ring (bicyclic) bond motifs is 1. The molecule has 2 aromatic carbocycles. The van der Waals surface area contributed by atoms with Crippen LogP contribution in [0.15, 0.2) is 59.6 Å². The van der Waals surface area contributed by atoms with Crippen LogP contribution >= 0.6 is 11.6 Å². The van der Waals surface area contributed by atoms with Crippen LogP contribution in [0, 0.1) is 31.5 Å². The lowest BCUT2D eigenvalue weighted by molar-refractivity contribution is -0.147.